The van der Waals surface area contributed by atoms with Crippen molar-refractivity contribution in [1.82, 2.24) is 5.32 Å². The number of carbonyl (C=O) groups excluding carboxylic acids is 1. The van der Waals surface area contributed by atoms with E-state index in [1.807, 2.05) is 52.8 Å². The molecule has 5 nitrogen and oxygen atoms in total. The number of carbonyl (C=O) groups is 1. The molecule has 0 rings (SSSR count). The number of allylic oxidation sites excluding steroid dienone is 2. The highest BCUT2D eigenvalue weighted by Gasteiger charge is 2.17. The monoisotopic (exact) mass is 299 g/mol. The molecule has 0 aromatic rings. The molecule has 0 bridgehead atoms. The highest BCUT2D eigenvalue weighted by atomic mass is 16.6. The Balaban J connectivity index is 4.27. The van der Waals surface area contributed by atoms with Gasteiger partial charge in [-0.2, -0.15) is 0 Å². The Morgan fingerprint density at radius 3 is 2.43 bits per heavy atom. The van der Waals surface area contributed by atoms with Crippen molar-refractivity contribution in [3.05, 3.63) is 23.8 Å². The van der Waals surface area contributed by atoms with Crippen LogP contribution in [0.1, 0.15) is 34.6 Å². The Bertz CT molecular complexity index is 356. The first-order valence-electron chi connectivity index (χ1n) is 7.17. The van der Waals surface area contributed by atoms with Gasteiger partial charge in [-0.1, -0.05) is 18.2 Å². The van der Waals surface area contributed by atoms with Gasteiger partial charge < -0.3 is 19.5 Å². The van der Waals surface area contributed by atoms with E-state index in [0.29, 0.717) is 19.8 Å². The molecule has 5 heteroatoms. The zero-order chi connectivity index (χ0) is 16.3. The lowest BCUT2D eigenvalue weighted by Gasteiger charge is -2.22. The zero-order valence-electron chi connectivity index (χ0n) is 14.1. The van der Waals surface area contributed by atoms with Gasteiger partial charge in [0.1, 0.15) is 5.60 Å². The Morgan fingerprint density at radius 2 is 1.95 bits per heavy atom. The second-order valence-corrected chi connectivity index (χ2v) is 5.63. The number of ether oxygens (including phenoxy) is 3. The summed E-state index contributed by atoms with van der Waals surface area (Å²) in [6, 6.07) is 0. The van der Waals surface area contributed by atoms with Gasteiger partial charge in [0, 0.05) is 13.7 Å². The van der Waals surface area contributed by atoms with Gasteiger partial charge in [-0.05, 0) is 40.2 Å². The van der Waals surface area contributed by atoms with Crippen LogP contribution in [-0.2, 0) is 14.2 Å². The average Bonchev–Trinajstić information content (AvgIpc) is 2.38. The smallest absolute Gasteiger partial charge is 0.407 e. The van der Waals surface area contributed by atoms with Gasteiger partial charge in [0.05, 0.1) is 19.3 Å². The highest BCUT2D eigenvalue weighted by molar-refractivity contribution is 5.67. The molecule has 0 saturated heterocycles. The fraction of sp³-hybridized carbons (Fsp3) is 0.688. The van der Waals surface area contributed by atoms with Crippen LogP contribution in [0.3, 0.4) is 0 Å². The van der Waals surface area contributed by atoms with E-state index in [-0.39, 0.29) is 6.10 Å². The summed E-state index contributed by atoms with van der Waals surface area (Å²) >= 11 is 0. The van der Waals surface area contributed by atoms with E-state index in [1.165, 1.54) is 0 Å². The maximum atomic E-state index is 11.6. The summed E-state index contributed by atoms with van der Waals surface area (Å²) in [5.41, 5.74) is 0.571. The van der Waals surface area contributed by atoms with Crippen molar-refractivity contribution >= 4 is 6.09 Å². The number of nitrogens with one attached hydrogen (secondary N) is 1. The molecule has 0 fully saturated rings. The van der Waals surface area contributed by atoms with E-state index < -0.39 is 11.7 Å². The summed E-state index contributed by atoms with van der Waals surface area (Å²) in [6.45, 7) is 10.6. The van der Waals surface area contributed by atoms with Crippen LogP contribution in [0.2, 0.25) is 0 Å². The molecule has 0 radical (unpaired) electrons. The minimum atomic E-state index is -0.508. The molecule has 0 aliphatic heterocycles. The van der Waals surface area contributed by atoms with Crippen LogP contribution in [0.4, 0.5) is 4.79 Å². The van der Waals surface area contributed by atoms with Gasteiger partial charge in [-0.15, -0.1) is 0 Å². The number of amides is 1. The molecular weight excluding hydrogens is 270 g/mol. The maximum Gasteiger partial charge on any atom is 0.407 e. The molecular formula is C16H29NO4. The Hall–Kier alpha value is -1.33. The first-order valence-corrected chi connectivity index (χ1v) is 7.17. The molecule has 0 aliphatic carbocycles. The summed E-state index contributed by atoms with van der Waals surface area (Å²) in [6.07, 6.45) is 5.27. The van der Waals surface area contributed by atoms with E-state index in [0.717, 1.165) is 5.57 Å². The largest absolute Gasteiger partial charge is 0.444 e. The third-order valence-corrected chi connectivity index (χ3v) is 2.46. The normalized spacial score (nSPS) is 14.3. The summed E-state index contributed by atoms with van der Waals surface area (Å²) in [5.74, 6) is 0. The molecule has 122 valence electrons. The summed E-state index contributed by atoms with van der Waals surface area (Å²) in [4.78, 5) is 11.6. The van der Waals surface area contributed by atoms with Gasteiger partial charge in [0.15, 0.2) is 0 Å². The van der Waals surface area contributed by atoms with Crippen molar-refractivity contribution in [1.29, 1.82) is 0 Å². The fourth-order valence-corrected chi connectivity index (χ4v) is 1.52. The molecule has 0 spiro atoms. The van der Waals surface area contributed by atoms with Gasteiger partial charge in [-0.25, -0.2) is 4.79 Å². The summed E-state index contributed by atoms with van der Waals surface area (Å²) < 4.78 is 16.0. The van der Waals surface area contributed by atoms with Crippen molar-refractivity contribution in [2.24, 2.45) is 0 Å². The van der Waals surface area contributed by atoms with E-state index >= 15 is 0 Å². The fourth-order valence-electron chi connectivity index (χ4n) is 1.52. The molecule has 1 amide bonds. The molecule has 1 atom stereocenters. The lowest BCUT2D eigenvalue weighted by atomic mass is 10.2. The van der Waals surface area contributed by atoms with Crippen LogP contribution in [0.25, 0.3) is 0 Å². The van der Waals surface area contributed by atoms with Crippen molar-refractivity contribution in [2.75, 3.05) is 26.9 Å². The first-order chi connectivity index (χ1) is 9.82. The van der Waals surface area contributed by atoms with Crippen LogP contribution in [0.15, 0.2) is 23.8 Å². The zero-order valence-corrected chi connectivity index (χ0v) is 14.1. The van der Waals surface area contributed by atoms with Crippen LogP contribution in [-0.4, -0.2) is 44.7 Å². The predicted octanol–water partition coefficient (Wildman–Crippen LogP) is 3.07. The Kier molecular flexibility index (Phi) is 9.75. The van der Waals surface area contributed by atoms with Crippen LogP contribution in [0, 0.1) is 0 Å². The maximum absolute atomic E-state index is 11.6. The van der Waals surface area contributed by atoms with E-state index in [2.05, 4.69) is 5.32 Å². The predicted molar refractivity (Wildman–Crippen MR) is 84.4 cm³/mol. The summed E-state index contributed by atoms with van der Waals surface area (Å²) in [5, 5.41) is 2.69. The van der Waals surface area contributed by atoms with E-state index in [4.69, 9.17) is 14.2 Å². The molecule has 1 N–H and O–H groups in total. The van der Waals surface area contributed by atoms with Crippen molar-refractivity contribution < 1.29 is 19.0 Å². The number of alkyl carbamates (subject to hydrolysis) is 1. The SMILES string of the molecule is CC=CC(=CC)COC(CNC(=O)OC(C)(C)C)COC. The lowest BCUT2D eigenvalue weighted by molar-refractivity contribution is 0.00545. The summed E-state index contributed by atoms with van der Waals surface area (Å²) in [7, 11) is 1.60. The molecule has 0 aromatic heterocycles. The lowest BCUT2D eigenvalue weighted by Crippen LogP contribution is -2.39. The molecule has 21 heavy (non-hydrogen) atoms. The molecule has 0 saturated carbocycles. The molecule has 0 aliphatic rings. The van der Waals surface area contributed by atoms with Crippen LogP contribution < -0.4 is 5.32 Å². The number of rotatable bonds is 8. The standard InChI is InChI=1S/C16H29NO4/c1-7-9-13(8-2)11-20-14(12-19-6)10-17-15(18)21-16(3,4)5/h7-9,14H,10-12H2,1-6H3,(H,17,18). The van der Waals surface area contributed by atoms with E-state index in [1.54, 1.807) is 7.11 Å². The van der Waals surface area contributed by atoms with Gasteiger partial charge in [0.2, 0.25) is 0 Å². The average molecular weight is 299 g/mol. The van der Waals surface area contributed by atoms with Crippen molar-refractivity contribution in [2.45, 2.75) is 46.3 Å². The number of hydrogen-bond acceptors (Lipinski definition) is 4. The van der Waals surface area contributed by atoms with Crippen molar-refractivity contribution in [3.8, 4) is 0 Å². The number of methoxy groups -OCH3 is 1. The van der Waals surface area contributed by atoms with Gasteiger partial charge in [-0.3, -0.25) is 0 Å². The molecule has 0 heterocycles. The third kappa shape index (κ3) is 11.0. The van der Waals surface area contributed by atoms with Crippen LogP contribution in [0.5, 0.6) is 0 Å². The third-order valence-electron chi connectivity index (χ3n) is 2.46. The van der Waals surface area contributed by atoms with Gasteiger partial charge >= 0.3 is 6.09 Å². The second kappa shape index (κ2) is 10.4. The number of hydrogen-bond donors (Lipinski definition) is 1. The highest BCUT2D eigenvalue weighted by Crippen LogP contribution is 2.07. The van der Waals surface area contributed by atoms with E-state index in [9.17, 15) is 4.79 Å². The molecule has 1 unspecified atom stereocenters. The minimum Gasteiger partial charge on any atom is -0.444 e. The second-order valence-electron chi connectivity index (χ2n) is 5.63. The quantitative estimate of drug-likeness (QED) is 0.700. The van der Waals surface area contributed by atoms with Gasteiger partial charge in [0.25, 0.3) is 0 Å². The van der Waals surface area contributed by atoms with Crippen molar-refractivity contribution in [3.63, 3.8) is 0 Å². The Labute approximate surface area is 128 Å². The molecule has 0 aromatic carbocycles. The minimum absolute atomic E-state index is 0.220. The first kappa shape index (κ1) is 19.7. The Morgan fingerprint density at radius 1 is 1.29 bits per heavy atom. The topological polar surface area (TPSA) is 56.8 Å². The van der Waals surface area contributed by atoms with Crippen LogP contribution >= 0.6 is 0 Å².